The molecule has 2 aromatic carbocycles. The van der Waals surface area contributed by atoms with Crippen molar-refractivity contribution < 1.29 is 9.90 Å². The Morgan fingerprint density at radius 1 is 1.08 bits per heavy atom. The minimum atomic E-state index is -0.157. The Hall–Kier alpha value is -3.14. The largest absolute Gasteiger partial charge is 0.505 e. The number of benzene rings is 2. The number of hydrogen-bond acceptors (Lipinski definition) is 3. The fourth-order valence-electron chi connectivity index (χ4n) is 2.62. The highest BCUT2D eigenvalue weighted by Gasteiger charge is 2.12. The summed E-state index contributed by atoms with van der Waals surface area (Å²) in [5.74, 6) is -0.00897. The van der Waals surface area contributed by atoms with Crippen molar-refractivity contribution in [1.29, 1.82) is 0 Å². The fourth-order valence-corrected chi connectivity index (χ4v) is 2.62. The van der Waals surface area contributed by atoms with Crippen LogP contribution in [0.4, 0.5) is 0 Å². The number of nitrogens with zero attached hydrogens (tertiary/aromatic N) is 1. The number of nitrogens with one attached hydrogen (secondary N) is 1. The van der Waals surface area contributed by atoms with Gasteiger partial charge >= 0.3 is 0 Å². The molecule has 0 aliphatic rings. The van der Waals surface area contributed by atoms with Crippen LogP contribution >= 0.6 is 0 Å². The van der Waals surface area contributed by atoms with Gasteiger partial charge in [0.2, 0.25) is 0 Å². The highest BCUT2D eigenvalue weighted by atomic mass is 16.3. The van der Waals surface area contributed by atoms with Gasteiger partial charge in [-0.15, -0.1) is 0 Å². The second-order valence-electron chi connectivity index (χ2n) is 5.48. The number of aromatic nitrogens is 1. The van der Waals surface area contributed by atoms with Gasteiger partial charge in [-0.1, -0.05) is 42.5 Å². The first-order valence-corrected chi connectivity index (χ1v) is 7.72. The van der Waals surface area contributed by atoms with E-state index < -0.39 is 0 Å². The van der Waals surface area contributed by atoms with Crippen LogP contribution in [-0.2, 0) is 6.42 Å². The topological polar surface area (TPSA) is 62.2 Å². The SMILES string of the molecule is CNC(=O)c1cccc(-c2ccnc(Cc3ccccc3)c2O)c1. The molecule has 0 saturated heterocycles. The normalized spacial score (nSPS) is 10.4. The van der Waals surface area contributed by atoms with Gasteiger partial charge in [0, 0.05) is 30.8 Å². The molecule has 4 heteroatoms. The molecule has 0 aliphatic heterocycles. The molecule has 0 aliphatic carbocycles. The van der Waals surface area contributed by atoms with Crippen molar-refractivity contribution >= 4 is 5.91 Å². The molecule has 1 aromatic heterocycles. The van der Waals surface area contributed by atoms with E-state index in [0.29, 0.717) is 23.2 Å². The number of carbonyl (C=O) groups is 1. The summed E-state index contributed by atoms with van der Waals surface area (Å²) in [6.07, 6.45) is 2.23. The molecular weight excluding hydrogens is 300 g/mol. The molecule has 0 saturated carbocycles. The van der Waals surface area contributed by atoms with Gasteiger partial charge in [0.1, 0.15) is 5.75 Å². The molecule has 0 unspecified atom stereocenters. The molecule has 24 heavy (non-hydrogen) atoms. The maximum atomic E-state index is 11.8. The fraction of sp³-hybridized carbons (Fsp3) is 0.100. The van der Waals surface area contributed by atoms with E-state index in [2.05, 4.69) is 10.3 Å². The summed E-state index contributed by atoms with van der Waals surface area (Å²) < 4.78 is 0. The number of carbonyl (C=O) groups excluding carboxylic acids is 1. The zero-order chi connectivity index (χ0) is 16.9. The van der Waals surface area contributed by atoms with E-state index in [9.17, 15) is 9.90 Å². The minimum Gasteiger partial charge on any atom is -0.505 e. The molecule has 4 nitrogen and oxygen atoms in total. The maximum Gasteiger partial charge on any atom is 0.251 e. The van der Waals surface area contributed by atoms with Gasteiger partial charge in [0.15, 0.2) is 0 Å². The Morgan fingerprint density at radius 3 is 2.62 bits per heavy atom. The molecule has 3 aromatic rings. The van der Waals surface area contributed by atoms with Gasteiger partial charge < -0.3 is 10.4 Å². The summed E-state index contributed by atoms with van der Waals surface area (Å²) in [4.78, 5) is 16.1. The summed E-state index contributed by atoms with van der Waals surface area (Å²) in [5.41, 5.74) is 3.70. The van der Waals surface area contributed by atoms with Gasteiger partial charge in [-0.2, -0.15) is 0 Å². The van der Waals surface area contributed by atoms with Crippen molar-refractivity contribution in [3.8, 4) is 16.9 Å². The molecule has 0 radical (unpaired) electrons. The first kappa shape index (κ1) is 15.7. The Morgan fingerprint density at radius 2 is 1.88 bits per heavy atom. The molecule has 2 N–H and O–H groups in total. The van der Waals surface area contributed by atoms with E-state index in [1.807, 2.05) is 36.4 Å². The van der Waals surface area contributed by atoms with Crippen LogP contribution in [0.1, 0.15) is 21.6 Å². The van der Waals surface area contributed by atoms with E-state index in [-0.39, 0.29) is 11.7 Å². The smallest absolute Gasteiger partial charge is 0.251 e. The Balaban J connectivity index is 1.98. The van der Waals surface area contributed by atoms with E-state index >= 15 is 0 Å². The third kappa shape index (κ3) is 3.27. The first-order chi connectivity index (χ1) is 11.7. The van der Waals surface area contributed by atoms with Crippen molar-refractivity contribution in [1.82, 2.24) is 10.3 Å². The first-order valence-electron chi connectivity index (χ1n) is 7.72. The summed E-state index contributed by atoms with van der Waals surface area (Å²) >= 11 is 0. The van der Waals surface area contributed by atoms with E-state index in [4.69, 9.17) is 0 Å². The summed E-state index contributed by atoms with van der Waals surface area (Å²) in [6.45, 7) is 0. The zero-order valence-electron chi connectivity index (χ0n) is 13.4. The number of hydrogen-bond donors (Lipinski definition) is 2. The quantitative estimate of drug-likeness (QED) is 0.775. The predicted octanol–water partition coefficient (Wildman–Crippen LogP) is 3.40. The number of pyridine rings is 1. The highest BCUT2D eigenvalue weighted by Crippen LogP contribution is 2.32. The number of aromatic hydroxyl groups is 1. The standard InChI is InChI=1S/C20H18N2O2/c1-21-20(24)16-9-5-8-15(13-16)17-10-11-22-18(19(17)23)12-14-6-3-2-4-7-14/h2-11,13,23H,12H2,1H3,(H,21,24). The van der Waals surface area contributed by atoms with Crippen molar-refractivity contribution in [3.05, 3.63) is 83.7 Å². The lowest BCUT2D eigenvalue weighted by atomic mass is 10.00. The van der Waals surface area contributed by atoms with Crippen LogP contribution in [0.3, 0.4) is 0 Å². The summed E-state index contributed by atoms with van der Waals surface area (Å²) in [6, 6.07) is 18.8. The second-order valence-corrected chi connectivity index (χ2v) is 5.48. The lowest BCUT2D eigenvalue weighted by Gasteiger charge is -2.10. The number of amides is 1. The molecule has 0 atom stereocenters. The van der Waals surface area contributed by atoms with Crippen molar-refractivity contribution in [2.45, 2.75) is 6.42 Å². The molecule has 120 valence electrons. The zero-order valence-corrected chi connectivity index (χ0v) is 13.4. The molecule has 0 fully saturated rings. The van der Waals surface area contributed by atoms with E-state index in [0.717, 1.165) is 11.1 Å². The van der Waals surface area contributed by atoms with Crippen LogP contribution in [0, 0.1) is 0 Å². The molecule has 3 rings (SSSR count). The molecule has 0 bridgehead atoms. The number of rotatable bonds is 4. The van der Waals surface area contributed by atoms with E-state index in [1.54, 1.807) is 37.5 Å². The monoisotopic (exact) mass is 318 g/mol. The Labute approximate surface area is 140 Å². The van der Waals surface area contributed by atoms with Gasteiger partial charge in [-0.05, 0) is 29.3 Å². The van der Waals surface area contributed by atoms with Crippen LogP contribution in [0.2, 0.25) is 0 Å². The third-order valence-corrected chi connectivity index (χ3v) is 3.88. The van der Waals surface area contributed by atoms with Crippen LogP contribution in [0.25, 0.3) is 11.1 Å². The van der Waals surface area contributed by atoms with E-state index in [1.165, 1.54) is 0 Å². The van der Waals surface area contributed by atoms with Gasteiger partial charge in [0.25, 0.3) is 5.91 Å². The lowest BCUT2D eigenvalue weighted by molar-refractivity contribution is 0.0963. The van der Waals surface area contributed by atoms with Crippen molar-refractivity contribution in [2.75, 3.05) is 7.05 Å². The van der Waals surface area contributed by atoms with Gasteiger partial charge in [0.05, 0.1) is 5.69 Å². The molecule has 0 spiro atoms. The van der Waals surface area contributed by atoms with Crippen LogP contribution in [-0.4, -0.2) is 23.0 Å². The van der Waals surface area contributed by atoms with Gasteiger partial charge in [-0.25, -0.2) is 0 Å². The maximum absolute atomic E-state index is 11.8. The second kappa shape index (κ2) is 6.96. The lowest BCUT2D eigenvalue weighted by Crippen LogP contribution is -2.17. The molecule has 1 heterocycles. The predicted molar refractivity (Wildman–Crippen MR) is 94.0 cm³/mol. The third-order valence-electron chi connectivity index (χ3n) is 3.88. The average molecular weight is 318 g/mol. The van der Waals surface area contributed by atoms with Crippen LogP contribution < -0.4 is 5.32 Å². The molecule has 1 amide bonds. The highest BCUT2D eigenvalue weighted by molar-refractivity contribution is 5.95. The Bertz CT molecular complexity index is 861. The van der Waals surface area contributed by atoms with Crippen LogP contribution in [0.5, 0.6) is 5.75 Å². The Kier molecular flexibility index (Phi) is 4.57. The van der Waals surface area contributed by atoms with Crippen molar-refractivity contribution in [2.24, 2.45) is 0 Å². The average Bonchev–Trinajstić information content (AvgIpc) is 2.64. The van der Waals surface area contributed by atoms with Gasteiger partial charge in [-0.3, -0.25) is 9.78 Å². The molecular formula is C20H18N2O2. The van der Waals surface area contributed by atoms with Crippen molar-refractivity contribution in [3.63, 3.8) is 0 Å². The summed E-state index contributed by atoms with van der Waals surface area (Å²) in [5, 5.41) is 13.2. The van der Waals surface area contributed by atoms with Crippen LogP contribution in [0.15, 0.2) is 66.9 Å². The minimum absolute atomic E-state index is 0.149. The summed E-state index contributed by atoms with van der Waals surface area (Å²) in [7, 11) is 1.59.